The summed E-state index contributed by atoms with van der Waals surface area (Å²) in [5.41, 5.74) is -0.343. The molecule has 164 valence electrons. The molecule has 4 nitrogen and oxygen atoms in total. The Morgan fingerprint density at radius 2 is 1.29 bits per heavy atom. The molecule has 28 heavy (non-hydrogen) atoms. The summed E-state index contributed by atoms with van der Waals surface area (Å²) in [5, 5.41) is 2.90. The number of amides is 1. The molecule has 0 aromatic heterocycles. The Hall–Kier alpha value is -1.19. The third kappa shape index (κ3) is 11.6. The van der Waals surface area contributed by atoms with E-state index >= 15 is 0 Å². The van der Waals surface area contributed by atoms with Gasteiger partial charge >= 0.3 is 0 Å². The lowest BCUT2D eigenvalue weighted by Crippen LogP contribution is -2.32. The van der Waals surface area contributed by atoms with Gasteiger partial charge in [-0.2, -0.15) is 0 Å². The average Bonchev–Trinajstić information content (AvgIpc) is 2.52. The highest BCUT2D eigenvalue weighted by atomic mass is 16.2. The van der Waals surface area contributed by atoms with Crippen molar-refractivity contribution in [3.8, 4) is 0 Å². The van der Waals surface area contributed by atoms with Crippen LogP contribution in [0.3, 0.4) is 0 Å². The van der Waals surface area contributed by atoms with Crippen LogP contribution in [0.25, 0.3) is 0 Å². The van der Waals surface area contributed by atoms with Crippen LogP contribution in [0, 0.1) is 22.7 Å². The minimum absolute atomic E-state index is 0.0287. The first-order valence-electron chi connectivity index (χ1n) is 11.1. The zero-order chi connectivity index (χ0) is 22.0. The van der Waals surface area contributed by atoms with E-state index < -0.39 is 0 Å². The van der Waals surface area contributed by atoms with E-state index in [0.29, 0.717) is 31.1 Å². The van der Waals surface area contributed by atoms with Gasteiger partial charge in [-0.05, 0) is 24.2 Å². The fraction of sp³-hybridized carbons (Fsp3) is 0.875. The molecule has 0 aromatic rings. The number of carbonyl (C=O) groups excluding carboxylic acids is 3. The van der Waals surface area contributed by atoms with Crippen molar-refractivity contribution in [2.75, 3.05) is 6.54 Å². The van der Waals surface area contributed by atoms with Gasteiger partial charge in [0.2, 0.25) is 5.91 Å². The first-order chi connectivity index (χ1) is 12.8. The second-order valence-corrected chi connectivity index (χ2v) is 10.6. The number of nitrogens with one attached hydrogen (secondary N) is 1. The molecule has 1 N–H and O–H groups in total. The van der Waals surface area contributed by atoms with Gasteiger partial charge in [0.15, 0.2) is 0 Å². The molecule has 0 spiro atoms. The monoisotopic (exact) mass is 395 g/mol. The largest absolute Gasteiger partial charge is 0.356 e. The quantitative estimate of drug-likeness (QED) is 0.405. The summed E-state index contributed by atoms with van der Waals surface area (Å²) in [7, 11) is 0. The lowest BCUT2D eigenvalue weighted by Gasteiger charge is -2.32. The van der Waals surface area contributed by atoms with E-state index in [1.165, 1.54) is 0 Å². The Kier molecular flexibility index (Phi) is 11.9. The van der Waals surface area contributed by atoms with Crippen molar-refractivity contribution in [3.05, 3.63) is 0 Å². The zero-order valence-corrected chi connectivity index (χ0v) is 19.7. The van der Waals surface area contributed by atoms with Crippen molar-refractivity contribution in [3.63, 3.8) is 0 Å². The maximum absolute atomic E-state index is 12.5. The standard InChI is InChI=1S/C24H45NO3/c1-18(2)22(24(6,7)8)19(26)14-12-10-9-11-13-17-25-21(28)16-15-20(27)23(3,4)5/h18,22H,9-17H2,1-8H3,(H,25,28). The van der Waals surface area contributed by atoms with Crippen LogP contribution in [-0.4, -0.2) is 24.0 Å². The number of Topliss-reactive ketones (excluding diaryl/α,β-unsaturated/α-hetero) is 2. The first kappa shape index (κ1) is 26.8. The summed E-state index contributed by atoms with van der Waals surface area (Å²) in [5.74, 6) is 1.01. The van der Waals surface area contributed by atoms with Crippen molar-refractivity contribution in [1.82, 2.24) is 5.32 Å². The molecule has 0 bridgehead atoms. The number of rotatable bonds is 13. The highest BCUT2D eigenvalue weighted by Crippen LogP contribution is 2.34. The van der Waals surface area contributed by atoms with Gasteiger partial charge in [0.05, 0.1) is 0 Å². The highest BCUT2D eigenvalue weighted by Gasteiger charge is 2.32. The van der Waals surface area contributed by atoms with Crippen LogP contribution in [0.1, 0.15) is 107 Å². The van der Waals surface area contributed by atoms with Crippen molar-refractivity contribution >= 4 is 17.5 Å². The molecule has 1 unspecified atom stereocenters. The maximum Gasteiger partial charge on any atom is 0.220 e. The molecule has 0 rings (SSSR count). The summed E-state index contributed by atoms with van der Waals surface area (Å²) < 4.78 is 0. The smallest absolute Gasteiger partial charge is 0.220 e. The highest BCUT2D eigenvalue weighted by molar-refractivity contribution is 5.88. The van der Waals surface area contributed by atoms with E-state index in [1.807, 2.05) is 20.8 Å². The van der Waals surface area contributed by atoms with Crippen molar-refractivity contribution in [2.45, 2.75) is 107 Å². The fourth-order valence-corrected chi connectivity index (χ4v) is 3.88. The molecule has 0 saturated heterocycles. The van der Waals surface area contributed by atoms with Gasteiger partial charge in [-0.15, -0.1) is 0 Å². The van der Waals surface area contributed by atoms with Crippen LogP contribution < -0.4 is 5.32 Å². The van der Waals surface area contributed by atoms with Gasteiger partial charge in [0.25, 0.3) is 0 Å². The third-order valence-corrected chi connectivity index (χ3v) is 5.28. The third-order valence-electron chi connectivity index (χ3n) is 5.28. The zero-order valence-electron chi connectivity index (χ0n) is 19.7. The number of unbranched alkanes of at least 4 members (excludes halogenated alkanes) is 4. The molecule has 0 aliphatic rings. The van der Waals surface area contributed by atoms with Gasteiger partial charge in [-0.3, -0.25) is 14.4 Å². The maximum atomic E-state index is 12.5. The Morgan fingerprint density at radius 3 is 1.79 bits per heavy atom. The first-order valence-corrected chi connectivity index (χ1v) is 11.1. The van der Waals surface area contributed by atoms with Crippen LogP contribution in [0.5, 0.6) is 0 Å². The van der Waals surface area contributed by atoms with Crippen molar-refractivity contribution in [1.29, 1.82) is 0 Å². The number of hydrogen-bond donors (Lipinski definition) is 1. The predicted molar refractivity (Wildman–Crippen MR) is 117 cm³/mol. The lowest BCUT2D eigenvalue weighted by molar-refractivity contribution is -0.129. The molecular weight excluding hydrogens is 350 g/mol. The molecule has 1 amide bonds. The molecule has 0 aliphatic carbocycles. The minimum Gasteiger partial charge on any atom is -0.356 e. The number of carbonyl (C=O) groups is 3. The molecule has 4 heteroatoms. The summed E-state index contributed by atoms with van der Waals surface area (Å²) in [6.07, 6.45) is 6.39. The minimum atomic E-state index is -0.371. The van der Waals surface area contributed by atoms with E-state index in [1.54, 1.807) is 0 Å². The SMILES string of the molecule is CC(C)C(C(=O)CCCCCCCNC(=O)CCC(=O)C(C)(C)C)C(C)(C)C. The van der Waals surface area contributed by atoms with Crippen LogP contribution >= 0.6 is 0 Å². The summed E-state index contributed by atoms with van der Waals surface area (Å²) in [4.78, 5) is 36.1. The Bertz CT molecular complexity index is 495. The van der Waals surface area contributed by atoms with Crippen LogP contribution in [0.15, 0.2) is 0 Å². The van der Waals surface area contributed by atoms with E-state index in [0.717, 1.165) is 32.1 Å². The predicted octanol–water partition coefficient (Wildman–Crippen LogP) is 5.73. The normalized spacial score (nSPS) is 13.5. The molecular formula is C24H45NO3. The molecule has 0 fully saturated rings. The second kappa shape index (κ2) is 12.4. The summed E-state index contributed by atoms with van der Waals surface area (Å²) in [6.45, 7) is 17.1. The van der Waals surface area contributed by atoms with E-state index in [2.05, 4.69) is 39.9 Å². The molecule has 0 radical (unpaired) electrons. The number of hydrogen-bond acceptors (Lipinski definition) is 3. The van der Waals surface area contributed by atoms with Crippen LogP contribution in [-0.2, 0) is 14.4 Å². The van der Waals surface area contributed by atoms with Crippen LogP contribution in [0.2, 0.25) is 0 Å². The van der Waals surface area contributed by atoms with Gasteiger partial charge in [0.1, 0.15) is 11.6 Å². The Balaban J connectivity index is 3.81. The van der Waals surface area contributed by atoms with E-state index in [9.17, 15) is 14.4 Å². The van der Waals surface area contributed by atoms with Crippen LogP contribution in [0.4, 0.5) is 0 Å². The summed E-state index contributed by atoms with van der Waals surface area (Å²) >= 11 is 0. The molecule has 0 heterocycles. The van der Waals surface area contributed by atoms with Crippen molar-refractivity contribution < 1.29 is 14.4 Å². The Morgan fingerprint density at radius 1 is 0.750 bits per heavy atom. The lowest BCUT2D eigenvalue weighted by atomic mass is 9.71. The topological polar surface area (TPSA) is 63.2 Å². The van der Waals surface area contributed by atoms with E-state index in [4.69, 9.17) is 0 Å². The molecule has 0 aromatic carbocycles. The van der Waals surface area contributed by atoms with Gasteiger partial charge in [-0.1, -0.05) is 74.7 Å². The summed E-state index contributed by atoms with van der Waals surface area (Å²) in [6, 6.07) is 0. The van der Waals surface area contributed by atoms with Gasteiger partial charge < -0.3 is 5.32 Å². The van der Waals surface area contributed by atoms with Gasteiger partial charge in [-0.25, -0.2) is 0 Å². The second-order valence-electron chi connectivity index (χ2n) is 10.6. The fourth-order valence-electron chi connectivity index (χ4n) is 3.88. The van der Waals surface area contributed by atoms with Gasteiger partial charge in [0, 0.05) is 37.1 Å². The molecule has 1 atom stereocenters. The van der Waals surface area contributed by atoms with Crippen molar-refractivity contribution in [2.24, 2.45) is 22.7 Å². The molecule has 0 saturated carbocycles. The Labute approximate surface area is 173 Å². The van der Waals surface area contributed by atoms with E-state index in [-0.39, 0.29) is 34.9 Å². The number of ketones is 2. The molecule has 0 aliphatic heterocycles. The average molecular weight is 396 g/mol.